The Kier molecular flexibility index (Phi) is 3.93. The minimum atomic E-state index is -0.576. The molecule has 0 bridgehead atoms. The van der Waals surface area contributed by atoms with Crippen molar-refractivity contribution in [1.29, 1.82) is 0 Å². The Morgan fingerprint density at radius 2 is 1.87 bits per heavy atom. The van der Waals surface area contributed by atoms with Crippen molar-refractivity contribution in [2.75, 3.05) is 0 Å². The van der Waals surface area contributed by atoms with Gasteiger partial charge in [0.2, 0.25) is 0 Å². The summed E-state index contributed by atoms with van der Waals surface area (Å²) in [5.74, 6) is 1.63. The molecular formula is C11H21NO2S. The zero-order chi connectivity index (χ0) is 10.8. The number of hydrogen-bond donors (Lipinski definition) is 3. The van der Waals surface area contributed by atoms with Crippen molar-refractivity contribution in [2.24, 2.45) is 11.8 Å². The molecule has 4 heteroatoms. The van der Waals surface area contributed by atoms with E-state index in [2.05, 4.69) is 12.2 Å². The molecule has 1 saturated carbocycles. The third-order valence-electron chi connectivity index (χ3n) is 3.67. The van der Waals surface area contributed by atoms with Crippen molar-refractivity contribution in [3.8, 4) is 0 Å². The normalized spacial score (nSPS) is 47.0. The van der Waals surface area contributed by atoms with Crippen LogP contribution in [0.25, 0.3) is 0 Å². The van der Waals surface area contributed by atoms with Gasteiger partial charge in [0.15, 0.2) is 5.56 Å². The summed E-state index contributed by atoms with van der Waals surface area (Å²) in [6.07, 6.45) is 5.76. The molecule has 15 heavy (non-hydrogen) atoms. The van der Waals surface area contributed by atoms with Gasteiger partial charge in [0.1, 0.15) is 6.23 Å². The molecule has 1 saturated heterocycles. The van der Waals surface area contributed by atoms with Gasteiger partial charge in [0, 0.05) is 5.25 Å². The van der Waals surface area contributed by atoms with Gasteiger partial charge in [-0.15, -0.1) is 11.8 Å². The molecule has 2 rings (SSSR count). The molecule has 3 atom stereocenters. The zero-order valence-electron chi connectivity index (χ0n) is 9.22. The molecule has 0 radical (unpaired) electrons. The maximum absolute atomic E-state index is 9.65. The Morgan fingerprint density at radius 1 is 1.20 bits per heavy atom. The minimum absolute atomic E-state index is 0.179. The predicted octanol–water partition coefficient (Wildman–Crippen LogP) is 1.50. The average Bonchev–Trinajstić information content (AvgIpc) is 2.49. The second-order valence-electron chi connectivity index (χ2n) is 5.00. The molecule has 2 fully saturated rings. The standard InChI is InChI=1S/C11H21NO2S/c1-7-2-4-8(5-3-7)6-9-10(13)12-11(14)15-9/h7-14H,2-6H2,1H3. The lowest BCUT2D eigenvalue weighted by molar-refractivity contribution is 0.0924. The maximum Gasteiger partial charge on any atom is 0.155 e. The van der Waals surface area contributed by atoms with Crippen molar-refractivity contribution in [3.63, 3.8) is 0 Å². The summed E-state index contributed by atoms with van der Waals surface area (Å²) in [5, 5.41) is 21.9. The van der Waals surface area contributed by atoms with Gasteiger partial charge in [0.05, 0.1) is 0 Å². The lowest BCUT2D eigenvalue weighted by Crippen LogP contribution is -2.33. The average molecular weight is 231 g/mol. The third kappa shape index (κ3) is 3.09. The summed E-state index contributed by atoms with van der Waals surface area (Å²) in [4.78, 5) is 0. The number of aliphatic hydroxyl groups excluding tert-OH is 2. The van der Waals surface area contributed by atoms with E-state index in [0.29, 0.717) is 0 Å². The molecule has 1 aliphatic heterocycles. The minimum Gasteiger partial charge on any atom is -0.377 e. The molecule has 0 aromatic heterocycles. The number of rotatable bonds is 2. The SMILES string of the molecule is CC1CCC(CC2SC(O)NC2O)CC1. The molecule has 3 nitrogen and oxygen atoms in total. The van der Waals surface area contributed by atoms with Crippen LogP contribution >= 0.6 is 11.8 Å². The summed E-state index contributed by atoms with van der Waals surface area (Å²) >= 11 is 1.46. The first-order chi connectivity index (χ1) is 7.15. The number of nitrogens with one attached hydrogen (secondary N) is 1. The van der Waals surface area contributed by atoms with Crippen LogP contribution in [0.5, 0.6) is 0 Å². The highest BCUT2D eigenvalue weighted by Crippen LogP contribution is 2.36. The fourth-order valence-electron chi connectivity index (χ4n) is 2.61. The molecule has 1 heterocycles. The van der Waals surface area contributed by atoms with Crippen molar-refractivity contribution >= 4 is 11.8 Å². The van der Waals surface area contributed by atoms with Gasteiger partial charge in [0.25, 0.3) is 0 Å². The third-order valence-corrected chi connectivity index (χ3v) is 4.86. The van der Waals surface area contributed by atoms with Crippen molar-refractivity contribution < 1.29 is 10.2 Å². The van der Waals surface area contributed by atoms with Crippen molar-refractivity contribution in [2.45, 2.75) is 56.1 Å². The van der Waals surface area contributed by atoms with Crippen LogP contribution < -0.4 is 5.32 Å². The lowest BCUT2D eigenvalue weighted by Gasteiger charge is -2.28. The van der Waals surface area contributed by atoms with Crippen LogP contribution in [0.4, 0.5) is 0 Å². The van der Waals surface area contributed by atoms with Crippen LogP contribution in [0.3, 0.4) is 0 Å². The highest BCUT2D eigenvalue weighted by atomic mass is 32.2. The first-order valence-electron chi connectivity index (χ1n) is 5.93. The van der Waals surface area contributed by atoms with E-state index < -0.39 is 11.8 Å². The summed E-state index contributed by atoms with van der Waals surface area (Å²) in [5.41, 5.74) is -0.576. The Labute approximate surface area is 95.6 Å². The maximum atomic E-state index is 9.65. The Balaban J connectivity index is 1.77. The lowest BCUT2D eigenvalue weighted by atomic mass is 9.81. The quantitative estimate of drug-likeness (QED) is 0.674. The first kappa shape index (κ1) is 11.7. The van der Waals surface area contributed by atoms with Crippen LogP contribution in [0.15, 0.2) is 0 Å². The molecule has 1 aliphatic carbocycles. The highest BCUT2D eigenvalue weighted by molar-refractivity contribution is 8.00. The molecule has 3 N–H and O–H groups in total. The molecule has 2 aliphatic rings. The van der Waals surface area contributed by atoms with Crippen LogP contribution in [-0.4, -0.2) is 27.3 Å². The second-order valence-corrected chi connectivity index (χ2v) is 6.32. The van der Waals surface area contributed by atoms with Gasteiger partial charge >= 0.3 is 0 Å². The van der Waals surface area contributed by atoms with E-state index in [1.165, 1.54) is 37.4 Å². The van der Waals surface area contributed by atoms with Crippen LogP contribution in [0.2, 0.25) is 0 Å². The van der Waals surface area contributed by atoms with Gasteiger partial charge < -0.3 is 10.2 Å². The fraction of sp³-hybridized carbons (Fsp3) is 1.00. The van der Waals surface area contributed by atoms with Crippen LogP contribution in [0, 0.1) is 11.8 Å². The largest absolute Gasteiger partial charge is 0.377 e. The summed E-state index contributed by atoms with van der Waals surface area (Å²) in [7, 11) is 0. The van der Waals surface area contributed by atoms with E-state index in [9.17, 15) is 10.2 Å². The number of aliphatic hydroxyl groups is 2. The fourth-order valence-corrected chi connectivity index (χ4v) is 3.77. The van der Waals surface area contributed by atoms with E-state index in [-0.39, 0.29) is 5.25 Å². The highest BCUT2D eigenvalue weighted by Gasteiger charge is 2.34. The smallest absolute Gasteiger partial charge is 0.155 e. The molecule has 88 valence electrons. The van der Waals surface area contributed by atoms with E-state index in [1.807, 2.05) is 0 Å². The topological polar surface area (TPSA) is 52.5 Å². The number of hydrogen-bond acceptors (Lipinski definition) is 4. The van der Waals surface area contributed by atoms with Crippen LogP contribution in [-0.2, 0) is 0 Å². The number of thioether (sulfide) groups is 1. The Bertz CT molecular complexity index is 207. The summed E-state index contributed by atoms with van der Waals surface area (Å²) < 4.78 is 0. The van der Waals surface area contributed by atoms with Gasteiger partial charge in [-0.05, 0) is 18.3 Å². The van der Waals surface area contributed by atoms with Crippen LogP contribution in [0.1, 0.15) is 39.0 Å². The molecule has 0 amide bonds. The molecular weight excluding hydrogens is 210 g/mol. The van der Waals surface area contributed by atoms with Gasteiger partial charge in [-0.25, -0.2) is 0 Å². The molecule has 0 spiro atoms. The van der Waals surface area contributed by atoms with Gasteiger partial charge in [-0.2, -0.15) is 0 Å². The predicted molar refractivity (Wildman–Crippen MR) is 62.3 cm³/mol. The van der Waals surface area contributed by atoms with E-state index >= 15 is 0 Å². The summed E-state index contributed by atoms with van der Waals surface area (Å²) in [6, 6.07) is 0. The monoisotopic (exact) mass is 231 g/mol. The Morgan fingerprint density at radius 3 is 2.40 bits per heavy atom. The van der Waals surface area contributed by atoms with Crippen molar-refractivity contribution in [3.05, 3.63) is 0 Å². The Hall–Kier alpha value is 0.230. The second kappa shape index (κ2) is 5.04. The molecule has 3 unspecified atom stereocenters. The van der Waals surface area contributed by atoms with Gasteiger partial charge in [-0.1, -0.05) is 32.6 Å². The first-order valence-corrected chi connectivity index (χ1v) is 6.87. The zero-order valence-corrected chi connectivity index (χ0v) is 10.0. The molecule has 0 aromatic carbocycles. The van der Waals surface area contributed by atoms with E-state index in [1.54, 1.807) is 0 Å². The van der Waals surface area contributed by atoms with E-state index in [0.717, 1.165) is 18.3 Å². The summed E-state index contributed by atoms with van der Waals surface area (Å²) in [6.45, 7) is 2.32. The van der Waals surface area contributed by atoms with Gasteiger partial charge in [-0.3, -0.25) is 5.32 Å². The van der Waals surface area contributed by atoms with Crippen molar-refractivity contribution in [1.82, 2.24) is 5.32 Å². The van der Waals surface area contributed by atoms with E-state index in [4.69, 9.17) is 0 Å². The molecule has 0 aromatic rings.